The lowest BCUT2D eigenvalue weighted by molar-refractivity contribution is 0.280. The zero-order valence-corrected chi connectivity index (χ0v) is 11.6. The first-order valence-electron chi connectivity index (χ1n) is 7.18. The van der Waals surface area contributed by atoms with E-state index in [0.29, 0.717) is 6.04 Å². The molecule has 1 fully saturated rings. The van der Waals surface area contributed by atoms with Crippen molar-refractivity contribution in [3.8, 4) is 0 Å². The van der Waals surface area contributed by atoms with Gasteiger partial charge in [0.05, 0.1) is 5.52 Å². The quantitative estimate of drug-likeness (QED) is 0.885. The molecule has 1 aromatic heterocycles. The van der Waals surface area contributed by atoms with Crippen molar-refractivity contribution in [2.45, 2.75) is 39.2 Å². The predicted octanol–water partition coefficient (Wildman–Crippen LogP) is 3.87. The van der Waals surface area contributed by atoms with E-state index in [2.05, 4.69) is 35.2 Å². The Bertz CT molecular complexity index is 551. The third-order valence-electron chi connectivity index (χ3n) is 4.06. The van der Waals surface area contributed by atoms with Crippen LogP contribution in [-0.2, 0) is 0 Å². The van der Waals surface area contributed by atoms with E-state index in [4.69, 9.17) is 0 Å². The van der Waals surface area contributed by atoms with E-state index < -0.39 is 0 Å². The molecule has 1 saturated carbocycles. The van der Waals surface area contributed by atoms with Gasteiger partial charge in [-0.15, -0.1) is 0 Å². The number of nitrogens with one attached hydrogen (secondary N) is 1. The van der Waals surface area contributed by atoms with Crippen LogP contribution in [0.1, 0.15) is 33.1 Å². The summed E-state index contributed by atoms with van der Waals surface area (Å²) in [5.74, 6) is 2.58. The van der Waals surface area contributed by atoms with E-state index in [1.807, 2.05) is 18.2 Å². The van der Waals surface area contributed by atoms with Gasteiger partial charge in [0.25, 0.3) is 0 Å². The number of hydrogen-bond acceptors (Lipinski definition) is 3. The van der Waals surface area contributed by atoms with Gasteiger partial charge in [0.1, 0.15) is 12.1 Å². The van der Waals surface area contributed by atoms with Crippen molar-refractivity contribution in [3.05, 3.63) is 30.6 Å². The summed E-state index contributed by atoms with van der Waals surface area (Å²) in [6, 6.07) is 8.73. The molecule has 0 aliphatic heterocycles. The second-order valence-electron chi connectivity index (χ2n) is 6.00. The maximum absolute atomic E-state index is 4.43. The van der Waals surface area contributed by atoms with Gasteiger partial charge in [0.2, 0.25) is 0 Å². The Hall–Kier alpha value is -1.64. The molecule has 3 nitrogen and oxygen atoms in total. The van der Waals surface area contributed by atoms with Crippen LogP contribution in [0.4, 0.5) is 5.82 Å². The van der Waals surface area contributed by atoms with Gasteiger partial charge in [-0.05, 0) is 43.2 Å². The van der Waals surface area contributed by atoms with Crippen molar-refractivity contribution >= 4 is 16.7 Å². The maximum Gasteiger partial charge on any atom is 0.137 e. The number of anilines is 1. The largest absolute Gasteiger partial charge is 0.367 e. The normalized spacial score (nSPS) is 27.4. The van der Waals surface area contributed by atoms with Crippen LogP contribution in [0.5, 0.6) is 0 Å². The van der Waals surface area contributed by atoms with Crippen molar-refractivity contribution in [3.63, 3.8) is 0 Å². The lowest BCUT2D eigenvalue weighted by Crippen LogP contribution is -2.30. The molecule has 0 spiro atoms. The monoisotopic (exact) mass is 255 g/mol. The molecule has 1 heterocycles. The summed E-state index contributed by atoms with van der Waals surface area (Å²) in [5.41, 5.74) is 1.01. The first-order chi connectivity index (χ1) is 9.22. The van der Waals surface area contributed by atoms with E-state index in [1.165, 1.54) is 19.3 Å². The summed E-state index contributed by atoms with van der Waals surface area (Å²) < 4.78 is 0. The molecule has 2 aromatic rings. The van der Waals surface area contributed by atoms with Crippen molar-refractivity contribution in [2.75, 3.05) is 5.32 Å². The standard InChI is InChI=1S/C16H21N3/c1-11-7-12(2)9-13(8-11)19-16-14-5-3-4-6-15(14)17-10-18-16/h3-6,10-13H,7-9H2,1-2H3,(H,17,18,19). The highest BCUT2D eigenvalue weighted by molar-refractivity contribution is 5.88. The molecule has 1 aliphatic carbocycles. The number of nitrogens with zero attached hydrogens (tertiary/aromatic N) is 2. The van der Waals surface area contributed by atoms with E-state index in [1.54, 1.807) is 6.33 Å². The SMILES string of the molecule is CC1CC(C)CC(Nc2ncnc3ccccc23)C1. The fourth-order valence-electron chi connectivity index (χ4n) is 3.38. The van der Waals surface area contributed by atoms with Crippen LogP contribution >= 0.6 is 0 Å². The Morgan fingerprint density at radius 3 is 2.53 bits per heavy atom. The van der Waals surface area contributed by atoms with Crippen molar-refractivity contribution < 1.29 is 0 Å². The van der Waals surface area contributed by atoms with E-state index >= 15 is 0 Å². The van der Waals surface area contributed by atoms with Gasteiger partial charge in [0.15, 0.2) is 0 Å². The molecule has 0 amide bonds. The Kier molecular flexibility index (Phi) is 3.36. The second-order valence-corrected chi connectivity index (χ2v) is 6.00. The summed E-state index contributed by atoms with van der Waals surface area (Å²) in [5, 5.41) is 4.75. The van der Waals surface area contributed by atoms with E-state index in [-0.39, 0.29) is 0 Å². The lowest BCUT2D eigenvalue weighted by atomic mass is 9.80. The van der Waals surface area contributed by atoms with Gasteiger partial charge < -0.3 is 5.32 Å². The molecule has 0 bridgehead atoms. The summed E-state index contributed by atoms with van der Waals surface area (Å²) in [6.07, 6.45) is 5.48. The van der Waals surface area contributed by atoms with Crippen molar-refractivity contribution in [2.24, 2.45) is 11.8 Å². The molecule has 0 radical (unpaired) electrons. The van der Waals surface area contributed by atoms with Crippen LogP contribution in [0.25, 0.3) is 10.9 Å². The summed E-state index contributed by atoms with van der Waals surface area (Å²) in [4.78, 5) is 8.74. The highest BCUT2D eigenvalue weighted by Crippen LogP contribution is 2.31. The summed E-state index contributed by atoms with van der Waals surface area (Å²) in [6.45, 7) is 4.70. The molecule has 100 valence electrons. The van der Waals surface area contributed by atoms with Crippen molar-refractivity contribution in [1.82, 2.24) is 9.97 Å². The van der Waals surface area contributed by atoms with Crippen LogP contribution in [0.15, 0.2) is 30.6 Å². The van der Waals surface area contributed by atoms with Gasteiger partial charge in [-0.1, -0.05) is 26.0 Å². The smallest absolute Gasteiger partial charge is 0.137 e. The summed E-state index contributed by atoms with van der Waals surface area (Å²) in [7, 11) is 0. The third kappa shape index (κ3) is 2.70. The molecular weight excluding hydrogens is 234 g/mol. The first kappa shape index (κ1) is 12.4. The van der Waals surface area contributed by atoms with Gasteiger partial charge >= 0.3 is 0 Å². The van der Waals surface area contributed by atoms with Gasteiger partial charge in [0, 0.05) is 11.4 Å². The Balaban J connectivity index is 1.85. The van der Waals surface area contributed by atoms with Crippen LogP contribution in [0, 0.1) is 11.8 Å². The molecule has 3 heteroatoms. The number of para-hydroxylation sites is 1. The molecule has 1 N–H and O–H groups in total. The predicted molar refractivity (Wildman–Crippen MR) is 79.1 cm³/mol. The topological polar surface area (TPSA) is 37.8 Å². The van der Waals surface area contributed by atoms with Crippen LogP contribution in [0.2, 0.25) is 0 Å². The number of fused-ring (bicyclic) bond motifs is 1. The molecule has 19 heavy (non-hydrogen) atoms. The van der Waals surface area contributed by atoms with Crippen LogP contribution in [0.3, 0.4) is 0 Å². The lowest BCUT2D eigenvalue weighted by Gasteiger charge is -2.32. The molecule has 1 aliphatic rings. The highest BCUT2D eigenvalue weighted by atomic mass is 15.0. The Morgan fingerprint density at radius 1 is 1.00 bits per heavy atom. The minimum atomic E-state index is 0.539. The van der Waals surface area contributed by atoms with Gasteiger partial charge in [-0.2, -0.15) is 0 Å². The fourth-order valence-corrected chi connectivity index (χ4v) is 3.38. The van der Waals surface area contributed by atoms with E-state index in [9.17, 15) is 0 Å². The second kappa shape index (κ2) is 5.16. The van der Waals surface area contributed by atoms with Crippen LogP contribution < -0.4 is 5.32 Å². The number of aromatic nitrogens is 2. The Labute approximate surface area is 114 Å². The third-order valence-corrected chi connectivity index (χ3v) is 4.06. The molecule has 2 unspecified atom stereocenters. The number of rotatable bonds is 2. The molecule has 0 saturated heterocycles. The molecule has 3 rings (SSSR count). The van der Waals surface area contributed by atoms with Gasteiger partial charge in [-0.3, -0.25) is 0 Å². The van der Waals surface area contributed by atoms with E-state index in [0.717, 1.165) is 28.6 Å². The average molecular weight is 255 g/mol. The zero-order valence-electron chi connectivity index (χ0n) is 11.6. The Morgan fingerprint density at radius 2 is 1.74 bits per heavy atom. The minimum absolute atomic E-state index is 0.539. The molecule has 1 aromatic carbocycles. The molecular formula is C16H21N3. The minimum Gasteiger partial charge on any atom is -0.367 e. The van der Waals surface area contributed by atoms with Gasteiger partial charge in [-0.25, -0.2) is 9.97 Å². The summed E-state index contributed by atoms with van der Waals surface area (Å²) >= 11 is 0. The first-order valence-corrected chi connectivity index (χ1v) is 7.18. The average Bonchev–Trinajstić information content (AvgIpc) is 2.38. The van der Waals surface area contributed by atoms with Crippen LogP contribution in [-0.4, -0.2) is 16.0 Å². The van der Waals surface area contributed by atoms with Crippen molar-refractivity contribution in [1.29, 1.82) is 0 Å². The fraction of sp³-hybridized carbons (Fsp3) is 0.500. The highest BCUT2D eigenvalue weighted by Gasteiger charge is 2.24. The number of hydrogen-bond donors (Lipinski definition) is 1. The number of benzene rings is 1. The zero-order chi connectivity index (χ0) is 13.2. The molecule has 2 atom stereocenters. The maximum atomic E-state index is 4.43.